The minimum atomic E-state index is -0.225. The molecule has 33 heavy (non-hydrogen) atoms. The van der Waals surface area contributed by atoms with Crippen molar-refractivity contribution >= 4 is 57.6 Å². The molecule has 1 aliphatic heterocycles. The number of nitrogens with zero attached hydrogens (tertiary/aromatic N) is 1. The Kier molecular flexibility index (Phi) is 6.91. The molecule has 0 atom stereocenters. The fourth-order valence-corrected chi connectivity index (χ4v) is 4.60. The molecule has 3 aromatic carbocycles. The number of amides is 2. The summed E-state index contributed by atoms with van der Waals surface area (Å²) in [7, 11) is 0. The van der Waals surface area contributed by atoms with Crippen molar-refractivity contribution in [1.82, 2.24) is 0 Å². The van der Waals surface area contributed by atoms with Crippen molar-refractivity contribution in [2.45, 2.75) is 13.8 Å². The minimum Gasteiger partial charge on any atom is -0.484 e. The monoisotopic (exact) mass is 474 g/mol. The third kappa shape index (κ3) is 5.32. The van der Waals surface area contributed by atoms with Crippen LogP contribution in [0.25, 0.3) is 6.08 Å². The van der Waals surface area contributed by atoms with Gasteiger partial charge in [-0.3, -0.25) is 14.5 Å². The number of rotatable bonds is 6. The van der Waals surface area contributed by atoms with E-state index >= 15 is 0 Å². The lowest BCUT2D eigenvalue weighted by molar-refractivity contribution is -0.118. The Morgan fingerprint density at radius 2 is 1.76 bits per heavy atom. The van der Waals surface area contributed by atoms with E-state index in [1.807, 2.05) is 74.5 Å². The fraction of sp³-hybridized carbons (Fsp3) is 0.115. The molecule has 5 nitrogen and oxygen atoms in total. The van der Waals surface area contributed by atoms with E-state index in [1.54, 1.807) is 18.2 Å². The Balaban J connectivity index is 1.37. The molecular formula is C26H22N2O3S2. The maximum absolute atomic E-state index is 12.8. The number of carbonyl (C=O) groups excluding carboxylic acids is 2. The highest BCUT2D eigenvalue weighted by Crippen LogP contribution is 2.36. The van der Waals surface area contributed by atoms with E-state index in [-0.39, 0.29) is 18.4 Å². The number of carbonyl (C=O) groups is 2. The van der Waals surface area contributed by atoms with E-state index in [2.05, 4.69) is 5.32 Å². The number of hydrogen-bond acceptors (Lipinski definition) is 5. The molecule has 0 radical (unpaired) electrons. The molecule has 0 saturated carbocycles. The van der Waals surface area contributed by atoms with E-state index in [4.69, 9.17) is 17.0 Å². The predicted octanol–water partition coefficient (Wildman–Crippen LogP) is 5.73. The molecule has 0 bridgehead atoms. The molecule has 166 valence electrons. The van der Waals surface area contributed by atoms with Gasteiger partial charge >= 0.3 is 0 Å². The molecule has 1 heterocycles. The zero-order valence-corrected chi connectivity index (χ0v) is 19.8. The van der Waals surface area contributed by atoms with E-state index in [0.29, 0.717) is 15.0 Å². The van der Waals surface area contributed by atoms with Crippen LogP contribution in [-0.2, 0) is 9.59 Å². The number of thiocarbonyl (C=S) groups is 1. The van der Waals surface area contributed by atoms with Crippen LogP contribution in [0.1, 0.15) is 16.7 Å². The largest absolute Gasteiger partial charge is 0.484 e. The van der Waals surface area contributed by atoms with Gasteiger partial charge in [0.15, 0.2) is 10.9 Å². The van der Waals surface area contributed by atoms with Gasteiger partial charge in [0.1, 0.15) is 5.75 Å². The molecule has 0 aromatic heterocycles. The highest BCUT2D eigenvalue weighted by Gasteiger charge is 2.33. The van der Waals surface area contributed by atoms with Crippen molar-refractivity contribution in [3.05, 3.63) is 94.4 Å². The Hall–Kier alpha value is -3.42. The van der Waals surface area contributed by atoms with Crippen molar-refractivity contribution in [3.8, 4) is 5.75 Å². The minimum absolute atomic E-state index is 0.0948. The van der Waals surface area contributed by atoms with Crippen LogP contribution in [-0.4, -0.2) is 22.7 Å². The maximum atomic E-state index is 12.8. The lowest BCUT2D eigenvalue weighted by atomic mass is 10.1. The second kappa shape index (κ2) is 10.0. The third-order valence-electron chi connectivity index (χ3n) is 5.23. The number of ether oxygens (including phenoxy) is 1. The molecule has 3 aromatic rings. The number of benzene rings is 3. The van der Waals surface area contributed by atoms with Crippen molar-refractivity contribution in [3.63, 3.8) is 0 Å². The number of aryl methyl sites for hydroxylation is 1. The summed E-state index contributed by atoms with van der Waals surface area (Å²) in [6.45, 7) is 3.88. The van der Waals surface area contributed by atoms with Crippen molar-refractivity contribution in [2.75, 3.05) is 16.8 Å². The van der Waals surface area contributed by atoms with Gasteiger partial charge in [-0.25, -0.2) is 0 Å². The number of para-hydroxylation sites is 1. The standard InChI is InChI=1S/C26H22N2O3S2/c1-17-7-6-10-22(18(17)2)27-24(29)16-31-21-13-11-19(12-14-21)15-23-25(30)28(26(32)33-23)20-8-4-3-5-9-20/h3-15H,16H2,1-2H3,(H,27,29)/b23-15-. The zero-order chi connectivity index (χ0) is 23.4. The fourth-order valence-electron chi connectivity index (χ4n) is 3.30. The lowest BCUT2D eigenvalue weighted by Gasteiger charge is -2.13. The molecule has 0 unspecified atom stereocenters. The zero-order valence-electron chi connectivity index (χ0n) is 18.2. The van der Waals surface area contributed by atoms with E-state index in [1.165, 1.54) is 16.7 Å². The third-order valence-corrected chi connectivity index (χ3v) is 6.54. The van der Waals surface area contributed by atoms with E-state index < -0.39 is 0 Å². The quantitative estimate of drug-likeness (QED) is 0.365. The van der Waals surface area contributed by atoms with Gasteiger partial charge in [0.2, 0.25) is 0 Å². The second-order valence-electron chi connectivity index (χ2n) is 7.51. The SMILES string of the molecule is Cc1cccc(NC(=O)COc2ccc(/C=C3\SC(=S)N(c4ccccc4)C3=O)cc2)c1C. The average molecular weight is 475 g/mol. The van der Waals surface area contributed by atoms with E-state index in [0.717, 1.165) is 28.1 Å². The molecule has 1 aliphatic rings. The maximum Gasteiger partial charge on any atom is 0.270 e. The molecule has 4 rings (SSSR count). The first-order valence-corrected chi connectivity index (χ1v) is 11.6. The lowest BCUT2D eigenvalue weighted by Crippen LogP contribution is -2.27. The highest BCUT2D eigenvalue weighted by molar-refractivity contribution is 8.27. The van der Waals surface area contributed by atoms with Crippen molar-refractivity contribution in [2.24, 2.45) is 0 Å². The molecular weight excluding hydrogens is 452 g/mol. The average Bonchev–Trinajstić information content (AvgIpc) is 3.09. The van der Waals surface area contributed by atoms with Gasteiger partial charge in [-0.15, -0.1) is 0 Å². The first kappa shape index (κ1) is 22.8. The van der Waals surface area contributed by atoms with Gasteiger partial charge < -0.3 is 10.1 Å². The summed E-state index contributed by atoms with van der Waals surface area (Å²) in [6, 6.07) is 22.4. The Morgan fingerprint density at radius 3 is 2.48 bits per heavy atom. The van der Waals surface area contributed by atoms with Crippen LogP contribution in [0, 0.1) is 13.8 Å². The van der Waals surface area contributed by atoms with E-state index in [9.17, 15) is 9.59 Å². The first-order chi connectivity index (χ1) is 15.9. The molecule has 2 amide bonds. The van der Waals surface area contributed by atoms with Crippen LogP contribution >= 0.6 is 24.0 Å². The van der Waals surface area contributed by atoms with Crippen LogP contribution in [0.4, 0.5) is 11.4 Å². The van der Waals surface area contributed by atoms with Crippen LogP contribution in [0.3, 0.4) is 0 Å². The smallest absolute Gasteiger partial charge is 0.270 e. The summed E-state index contributed by atoms with van der Waals surface area (Å²) < 4.78 is 6.12. The highest BCUT2D eigenvalue weighted by atomic mass is 32.2. The van der Waals surface area contributed by atoms with Gasteiger partial charge in [0, 0.05) is 5.69 Å². The van der Waals surface area contributed by atoms with Gasteiger partial charge in [0.05, 0.1) is 10.6 Å². The molecule has 0 aliphatic carbocycles. The number of hydrogen-bond donors (Lipinski definition) is 1. The topological polar surface area (TPSA) is 58.6 Å². The molecule has 1 saturated heterocycles. The number of thioether (sulfide) groups is 1. The molecule has 7 heteroatoms. The number of nitrogens with one attached hydrogen (secondary N) is 1. The molecule has 1 N–H and O–H groups in total. The summed E-state index contributed by atoms with van der Waals surface area (Å²) in [4.78, 5) is 27.2. The summed E-state index contributed by atoms with van der Waals surface area (Å²) in [5.74, 6) is 0.206. The summed E-state index contributed by atoms with van der Waals surface area (Å²) in [5.41, 5.74) is 4.53. The Labute approximate surface area is 202 Å². The van der Waals surface area contributed by atoms with Gasteiger partial charge in [0.25, 0.3) is 11.8 Å². The first-order valence-electron chi connectivity index (χ1n) is 10.3. The van der Waals surface area contributed by atoms with Crippen molar-refractivity contribution < 1.29 is 14.3 Å². The van der Waals surface area contributed by atoms with Crippen LogP contribution in [0.15, 0.2) is 77.7 Å². The van der Waals surface area contributed by atoms with Gasteiger partial charge in [-0.05, 0) is 66.9 Å². The summed E-state index contributed by atoms with van der Waals surface area (Å²) >= 11 is 6.68. The second-order valence-corrected chi connectivity index (χ2v) is 9.18. The molecule has 0 spiro atoms. The molecule has 1 fully saturated rings. The van der Waals surface area contributed by atoms with Crippen molar-refractivity contribution in [1.29, 1.82) is 0 Å². The summed E-state index contributed by atoms with van der Waals surface area (Å²) in [6.07, 6.45) is 1.80. The number of anilines is 2. The van der Waals surface area contributed by atoms with Gasteiger partial charge in [-0.2, -0.15) is 0 Å². The van der Waals surface area contributed by atoms with Crippen LogP contribution in [0.5, 0.6) is 5.75 Å². The van der Waals surface area contributed by atoms with Crippen LogP contribution in [0.2, 0.25) is 0 Å². The van der Waals surface area contributed by atoms with Gasteiger partial charge in [-0.1, -0.05) is 66.4 Å². The van der Waals surface area contributed by atoms with Crippen LogP contribution < -0.4 is 15.0 Å². The predicted molar refractivity (Wildman–Crippen MR) is 139 cm³/mol. The summed E-state index contributed by atoms with van der Waals surface area (Å²) in [5, 5.41) is 2.88. The Bertz CT molecular complexity index is 1240. The Morgan fingerprint density at radius 1 is 1.03 bits per heavy atom. The normalized spacial score (nSPS) is 14.6.